The number of hydrogen-bond donors (Lipinski definition) is 1. The van der Waals surface area contributed by atoms with Crippen molar-refractivity contribution in [1.29, 1.82) is 0 Å². The minimum absolute atomic E-state index is 0.0995. The lowest BCUT2D eigenvalue weighted by molar-refractivity contribution is 0.150. The van der Waals surface area contributed by atoms with Gasteiger partial charge in [0.2, 0.25) is 0 Å². The third-order valence-corrected chi connectivity index (χ3v) is 3.68. The van der Waals surface area contributed by atoms with Crippen LogP contribution < -0.4 is 0 Å². The van der Waals surface area contributed by atoms with Crippen molar-refractivity contribution in [2.24, 2.45) is 16.7 Å². The molecule has 2 rings (SSSR count). The van der Waals surface area contributed by atoms with Gasteiger partial charge in [0.15, 0.2) is 0 Å². The number of aliphatic hydroxyl groups is 1. The largest absolute Gasteiger partial charge is 0.512 e. The predicted molar refractivity (Wildman–Crippen MR) is 45.2 cm³/mol. The van der Waals surface area contributed by atoms with Crippen LogP contribution in [0.1, 0.15) is 20.8 Å². The van der Waals surface area contributed by atoms with E-state index in [2.05, 4.69) is 32.9 Å². The highest BCUT2D eigenvalue weighted by molar-refractivity contribution is 5.37. The van der Waals surface area contributed by atoms with Crippen LogP contribution in [0.25, 0.3) is 0 Å². The van der Waals surface area contributed by atoms with Gasteiger partial charge in [0.05, 0.1) is 5.76 Å². The van der Waals surface area contributed by atoms with E-state index in [1.54, 1.807) is 0 Å². The van der Waals surface area contributed by atoms with Crippen LogP contribution in [0.2, 0.25) is 0 Å². The van der Waals surface area contributed by atoms with Gasteiger partial charge >= 0.3 is 0 Å². The molecule has 0 amide bonds. The molecule has 11 heavy (non-hydrogen) atoms. The maximum Gasteiger partial charge on any atom is 0.0991 e. The molecule has 1 N–H and O–H groups in total. The lowest BCUT2D eigenvalue weighted by Gasteiger charge is -2.34. The first kappa shape index (κ1) is 6.96. The lowest BCUT2D eigenvalue weighted by atomic mass is 9.69. The fourth-order valence-corrected chi connectivity index (χ4v) is 2.12. The van der Waals surface area contributed by atoms with Crippen molar-refractivity contribution < 1.29 is 5.11 Å². The summed E-state index contributed by atoms with van der Waals surface area (Å²) in [5, 5.41) is 9.62. The molecular weight excluding hydrogens is 136 g/mol. The maximum absolute atomic E-state index is 9.62. The van der Waals surface area contributed by atoms with Crippen molar-refractivity contribution in [3.05, 3.63) is 24.0 Å². The van der Waals surface area contributed by atoms with Gasteiger partial charge in [0.1, 0.15) is 0 Å². The third-order valence-electron chi connectivity index (χ3n) is 3.68. The van der Waals surface area contributed by atoms with Gasteiger partial charge in [-0.25, -0.2) is 0 Å². The van der Waals surface area contributed by atoms with Gasteiger partial charge in [0.25, 0.3) is 0 Å². The second-order valence-corrected chi connectivity index (χ2v) is 4.36. The molecule has 0 aromatic carbocycles. The molecule has 0 fully saturated rings. The minimum Gasteiger partial charge on any atom is -0.512 e. The normalized spacial score (nSPS) is 44.6. The molecule has 0 radical (unpaired) electrons. The Morgan fingerprint density at radius 1 is 1.36 bits per heavy atom. The summed E-state index contributed by atoms with van der Waals surface area (Å²) >= 11 is 0. The van der Waals surface area contributed by atoms with E-state index in [1.165, 1.54) is 0 Å². The molecule has 2 bridgehead atoms. The van der Waals surface area contributed by atoms with Crippen LogP contribution in [-0.2, 0) is 0 Å². The van der Waals surface area contributed by atoms with E-state index < -0.39 is 0 Å². The summed E-state index contributed by atoms with van der Waals surface area (Å²) in [6.07, 6.45) is 6.30. The Labute approximate surface area is 67.4 Å². The van der Waals surface area contributed by atoms with Crippen LogP contribution in [0.5, 0.6) is 0 Å². The first-order chi connectivity index (χ1) is 4.98. The number of aliphatic hydroxyl groups excluding tert-OH is 1. The van der Waals surface area contributed by atoms with Crippen molar-refractivity contribution in [2.75, 3.05) is 0 Å². The second kappa shape index (κ2) is 1.55. The van der Waals surface area contributed by atoms with E-state index >= 15 is 0 Å². The zero-order valence-corrected chi connectivity index (χ0v) is 7.26. The Kier molecular flexibility index (Phi) is 0.978. The van der Waals surface area contributed by atoms with Crippen molar-refractivity contribution >= 4 is 0 Å². The summed E-state index contributed by atoms with van der Waals surface area (Å²) in [5.41, 5.74) is 0.0781. The van der Waals surface area contributed by atoms with Gasteiger partial charge in [-0.1, -0.05) is 26.0 Å². The molecule has 1 heteroatoms. The Morgan fingerprint density at radius 2 is 2.00 bits per heavy atom. The molecule has 0 aliphatic heterocycles. The van der Waals surface area contributed by atoms with Gasteiger partial charge in [-0.3, -0.25) is 0 Å². The van der Waals surface area contributed by atoms with Crippen LogP contribution in [0.3, 0.4) is 0 Å². The van der Waals surface area contributed by atoms with E-state index in [-0.39, 0.29) is 10.8 Å². The molecule has 2 aliphatic rings. The molecule has 0 heterocycles. The summed E-state index contributed by atoms with van der Waals surface area (Å²) < 4.78 is 0. The van der Waals surface area contributed by atoms with Crippen molar-refractivity contribution in [1.82, 2.24) is 0 Å². The molecule has 2 atom stereocenters. The average Bonchev–Trinajstić information content (AvgIpc) is 2.20. The average molecular weight is 150 g/mol. The summed E-state index contributed by atoms with van der Waals surface area (Å²) in [6.45, 7) is 6.51. The van der Waals surface area contributed by atoms with Crippen LogP contribution in [0.4, 0.5) is 0 Å². The number of rotatable bonds is 0. The van der Waals surface area contributed by atoms with E-state index in [9.17, 15) is 5.11 Å². The first-order valence-electron chi connectivity index (χ1n) is 4.09. The van der Waals surface area contributed by atoms with E-state index in [0.717, 1.165) is 0 Å². The van der Waals surface area contributed by atoms with E-state index in [1.807, 2.05) is 6.08 Å². The molecule has 0 saturated heterocycles. The van der Waals surface area contributed by atoms with Gasteiger partial charge in [0, 0.05) is 11.3 Å². The van der Waals surface area contributed by atoms with Gasteiger partial charge < -0.3 is 5.11 Å². The Bertz CT molecular complexity index is 260. The van der Waals surface area contributed by atoms with Crippen molar-refractivity contribution in [3.63, 3.8) is 0 Å². The highest BCUT2D eigenvalue weighted by Crippen LogP contribution is 2.60. The van der Waals surface area contributed by atoms with Crippen LogP contribution in [-0.4, -0.2) is 5.11 Å². The Balaban J connectivity index is 2.54. The molecule has 0 aromatic heterocycles. The predicted octanol–water partition coefficient (Wildman–Crippen LogP) is 2.66. The second-order valence-electron chi connectivity index (χ2n) is 4.36. The van der Waals surface area contributed by atoms with Crippen LogP contribution in [0, 0.1) is 16.7 Å². The fraction of sp³-hybridized carbons (Fsp3) is 0.600. The SMILES string of the molecule is CC1(C)[C@@H]2C=C[C@@]1(C)C(O)=C2. The topological polar surface area (TPSA) is 20.2 Å². The Morgan fingerprint density at radius 3 is 2.18 bits per heavy atom. The van der Waals surface area contributed by atoms with Crippen molar-refractivity contribution in [3.8, 4) is 0 Å². The molecule has 0 spiro atoms. The summed E-state index contributed by atoms with van der Waals surface area (Å²) in [4.78, 5) is 0. The molecular formula is C10H14O. The first-order valence-corrected chi connectivity index (χ1v) is 4.09. The highest BCUT2D eigenvalue weighted by atomic mass is 16.3. The molecule has 60 valence electrons. The van der Waals surface area contributed by atoms with Gasteiger partial charge in [-0.2, -0.15) is 0 Å². The summed E-state index contributed by atoms with van der Waals surface area (Å²) in [5.74, 6) is 0.988. The number of fused-ring (bicyclic) bond motifs is 2. The fourth-order valence-electron chi connectivity index (χ4n) is 2.12. The standard InChI is InChI=1S/C10H14O/c1-9(2)7-4-5-10(9,3)8(11)6-7/h4-7,11H,1-3H3/t7-,10+/m1/s1. The van der Waals surface area contributed by atoms with E-state index in [4.69, 9.17) is 0 Å². The molecule has 1 nitrogen and oxygen atoms in total. The summed E-state index contributed by atoms with van der Waals surface area (Å²) in [6, 6.07) is 0. The molecule has 0 unspecified atom stereocenters. The quantitative estimate of drug-likeness (QED) is 0.526. The van der Waals surface area contributed by atoms with Crippen LogP contribution in [0.15, 0.2) is 24.0 Å². The smallest absolute Gasteiger partial charge is 0.0991 e. The third kappa shape index (κ3) is 0.536. The van der Waals surface area contributed by atoms with Crippen LogP contribution >= 0.6 is 0 Å². The maximum atomic E-state index is 9.62. The van der Waals surface area contributed by atoms with E-state index in [0.29, 0.717) is 11.7 Å². The zero-order chi connectivity index (χ0) is 8.28. The zero-order valence-electron chi connectivity index (χ0n) is 7.26. The Hall–Kier alpha value is -0.720. The molecule has 0 aromatic rings. The molecule has 0 saturated carbocycles. The van der Waals surface area contributed by atoms with Gasteiger partial charge in [-0.05, 0) is 18.4 Å². The summed E-state index contributed by atoms with van der Waals surface area (Å²) in [7, 11) is 0. The van der Waals surface area contributed by atoms with Gasteiger partial charge in [-0.15, -0.1) is 0 Å². The lowest BCUT2D eigenvalue weighted by Crippen LogP contribution is -2.30. The minimum atomic E-state index is -0.0995. The number of hydrogen-bond acceptors (Lipinski definition) is 1. The van der Waals surface area contributed by atoms with Crippen molar-refractivity contribution in [2.45, 2.75) is 20.8 Å². The highest BCUT2D eigenvalue weighted by Gasteiger charge is 2.54. The molecule has 2 aliphatic carbocycles. The monoisotopic (exact) mass is 150 g/mol. The number of allylic oxidation sites excluding steroid dienone is 3.